The lowest BCUT2D eigenvalue weighted by atomic mass is 10.0. The van der Waals surface area contributed by atoms with Gasteiger partial charge in [0.05, 0.1) is 0 Å². The Labute approximate surface area is 138 Å². The number of nitrogens with one attached hydrogen (secondary N) is 2. The van der Waals surface area contributed by atoms with E-state index in [-0.39, 0.29) is 12.3 Å². The maximum atomic E-state index is 12.1. The standard InChI is InChI=1S/C18H18N2O4/c21-16-8-7-14(19-16)17(22)20-15(18(23)24)10-11-5-6-12-3-1-2-4-13(12)9-11/h1-6,9,14-15H,7-8,10H2,(H,19,21)(H,20,22)(H,23,24)/t14-,15+/m1/s1. The molecule has 3 rings (SSSR count). The van der Waals surface area contributed by atoms with Crippen molar-refractivity contribution in [3.8, 4) is 0 Å². The summed E-state index contributed by atoms with van der Waals surface area (Å²) >= 11 is 0. The van der Waals surface area contributed by atoms with Gasteiger partial charge in [0, 0.05) is 12.8 Å². The highest BCUT2D eigenvalue weighted by Crippen LogP contribution is 2.17. The Morgan fingerprint density at radius 2 is 1.96 bits per heavy atom. The molecular weight excluding hydrogens is 308 g/mol. The molecule has 1 aliphatic heterocycles. The normalized spacial score (nSPS) is 18.2. The molecule has 0 saturated carbocycles. The molecule has 0 bridgehead atoms. The molecule has 1 saturated heterocycles. The van der Waals surface area contributed by atoms with Crippen molar-refractivity contribution >= 4 is 28.6 Å². The average Bonchev–Trinajstić information content (AvgIpc) is 3.00. The molecule has 2 amide bonds. The molecule has 24 heavy (non-hydrogen) atoms. The number of benzene rings is 2. The Kier molecular flexibility index (Phi) is 4.46. The monoisotopic (exact) mass is 326 g/mol. The average molecular weight is 326 g/mol. The Morgan fingerprint density at radius 1 is 1.21 bits per heavy atom. The van der Waals surface area contributed by atoms with E-state index in [1.807, 2.05) is 42.5 Å². The number of carbonyl (C=O) groups excluding carboxylic acids is 2. The van der Waals surface area contributed by atoms with Crippen LogP contribution in [-0.4, -0.2) is 35.0 Å². The fourth-order valence-electron chi connectivity index (χ4n) is 2.88. The molecule has 1 aliphatic rings. The summed E-state index contributed by atoms with van der Waals surface area (Å²) in [4.78, 5) is 34.8. The molecular formula is C18H18N2O4. The van der Waals surface area contributed by atoms with Crippen molar-refractivity contribution in [1.82, 2.24) is 10.6 Å². The fourth-order valence-corrected chi connectivity index (χ4v) is 2.88. The number of aliphatic carboxylic acids is 1. The van der Waals surface area contributed by atoms with Gasteiger partial charge in [-0.25, -0.2) is 4.79 Å². The fraction of sp³-hybridized carbons (Fsp3) is 0.278. The zero-order valence-electron chi connectivity index (χ0n) is 13.0. The van der Waals surface area contributed by atoms with Gasteiger partial charge in [0.15, 0.2) is 0 Å². The number of fused-ring (bicyclic) bond motifs is 1. The summed E-state index contributed by atoms with van der Waals surface area (Å²) in [7, 11) is 0. The summed E-state index contributed by atoms with van der Waals surface area (Å²) in [6, 6.07) is 11.9. The second kappa shape index (κ2) is 6.70. The quantitative estimate of drug-likeness (QED) is 0.770. The van der Waals surface area contributed by atoms with Crippen LogP contribution in [-0.2, 0) is 20.8 Å². The Morgan fingerprint density at radius 3 is 2.62 bits per heavy atom. The highest BCUT2D eigenvalue weighted by atomic mass is 16.4. The van der Waals surface area contributed by atoms with E-state index in [0.29, 0.717) is 12.8 Å². The highest BCUT2D eigenvalue weighted by molar-refractivity contribution is 5.93. The Hall–Kier alpha value is -2.89. The van der Waals surface area contributed by atoms with Crippen LogP contribution < -0.4 is 10.6 Å². The van der Waals surface area contributed by atoms with E-state index in [9.17, 15) is 19.5 Å². The first-order valence-corrected chi connectivity index (χ1v) is 7.83. The molecule has 1 heterocycles. The largest absolute Gasteiger partial charge is 0.480 e. The van der Waals surface area contributed by atoms with Crippen LogP contribution in [0.15, 0.2) is 42.5 Å². The van der Waals surface area contributed by atoms with Crippen molar-refractivity contribution < 1.29 is 19.5 Å². The van der Waals surface area contributed by atoms with Gasteiger partial charge in [0.2, 0.25) is 11.8 Å². The molecule has 3 N–H and O–H groups in total. The number of amides is 2. The second-order valence-electron chi connectivity index (χ2n) is 5.94. The van der Waals surface area contributed by atoms with E-state index in [2.05, 4.69) is 10.6 Å². The van der Waals surface area contributed by atoms with Gasteiger partial charge < -0.3 is 15.7 Å². The zero-order chi connectivity index (χ0) is 17.1. The van der Waals surface area contributed by atoms with Gasteiger partial charge in [-0.15, -0.1) is 0 Å². The molecule has 0 aliphatic carbocycles. The third-order valence-electron chi connectivity index (χ3n) is 4.18. The van der Waals surface area contributed by atoms with E-state index < -0.39 is 24.0 Å². The topological polar surface area (TPSA) is 95.5 Å². The van der Waals surface area contributed by atoms with Gasteiger partial charge in [0.25, 0.3) is 0 Å². The van der Waals surface area contributed by atoms with Crippen LogP contribution in [0.4, 0.5) is 0 Å². The summed E-state index contributed by atoms with van der Waals surface area (Å²) in [5.41, 5.74) is 0.830. The second-order valence-corrected chi connectivity index (χ2v) is 5.94. The molecule has 6 nitrogen and oxygen atoms in total. The first kappa shape index (κ1) is 16.0. The van der Waals surface area contributed by atoms with Crippen LogP contribution in [0.3, 0.4) is 0 Å². The lowest BCUT2D eigenvalue weighted by molar-refractivity contribution is -0.142. The summed E-state index contributed by atoms with van der Waals surface area (Å²) in [6.07, 6.45) is 0.875. The van der Waals surface area contributed by atoms with E-state index in [1.165, 1.54) is 0 Å². The minimum Gasteiger partial charge on any atom is -0.480 e. The minimum absolute atomic E-state index is 0.184. The molecule has 2 atom stereocenters. The number of hydrogen-bond donors (Lipinski definition) is 3. The number of rotatable bonds is 5. The van der Waals surface area contributed by atoms with Crippen LogP contribution in [0.2, 0.25) is 0 Å². The van der Waals surface area contributed by atoms with Gasteiger partial charge in [-0.1, -0.05) is 42.5 Å². The number of carboxylic acid groups (broad SMARTS) is 1. The van der Waals surface area contributed by atoms with Crippen molar-refractivity contribution in [3.05, 3.63) is 48.0 Å². The van der Waals surface area contributed by atoms with Gasteiger partial charge >= 0.3 is 5.97 Å². The van der Waals surface area contributed by atoms with Crippen LogP contribution in [0.1, 0.15) is 18.4 Å². The Bertz CT molecular complexity index is 802. The highest BCUT2D eigenvalue weighted by Gasteiger charge is 2.30. The lowest BCUT2D eigenvalue weighted by Crippen LogP contribution is -2.49. The number of carboxylic acids is 1. The first-order chi connectivity index (χ1) is 11.5. The SMILES string of the molecule is O=C1CC[C@H](C(=O)N[C@@H](Cc2ccc3ccccc3c2)C(=O)O)N1. The summed E-state index contributed by atoms with van der Waals surface area (Å²) in [6.45, 7) is 0. The third-order valence-corrected chi connectivity index (χ3v) is 4.18. The minimum atomic E-state index is -1.10. The van der Waals surface area contributed by atoms with Crippen molar-refractivity contribution in [3.63, 3.8) is 0 Å². The van der Waals surface area contributed by atoms with Crippen molar-refractivity contribution in [2.24, 2.45) is 0 Å². The van der Waals surface area contributed by atoms with E-state index in [4.69, 9.17) is 0 Å². The van der Waals surface area contributed by atoms with E-state index in [0.717, 1.165) is 16.3 Å². The summed E-state index contributed by atoms with van der Waals surface area (Å²) in [5.74, 6) is -1.73. The predicted octanol–water partition coefficient (Wildman–Crippen LogP) is 1.23. The van der Waals surface area contributed by atoms with Crippen LogP contribution in [0.5, 0.6) is 0 Å². The molecule has 2 aromatic carbocycles. The van der Waals surface area contributed by atoms with Crippen LogP contribution in [0.25, 0.3) is 10.8 Å². The molecule has 0 radical (unpaired) electrons. The van der Waals surface area contributed by atoms with Crippen molar-refractivity contribution in [2.75, 3.05) is 0 Å². The van der Waals surface area contributed by atoms with Crippen molar-refractivity contribution in [1.29, 1.82) is 0 Å². The van der Waals surface area contributed by atoms with Crippen molar-refractivity contribution in [2.45, 2.75) is 31.3 Å². The van der Waals surface area contributed by atoms with E-state index in [1.54, 1.807) is 0 Å². The van der Waals surface area contributed by atoms with Crippen LogP contribution >= 0.6 is 0 Å². The zero-order valence-corrected chi connectivity index (χ0v) is 13.0. The molecule has 124 valence electrons. The summed E-state index contributed by atoms with van der Waals surface area (Å²) in [5, 5.41) is 16.6. The maximum Gasteiger partial charge on any atom is 0.326 e. The molecule has 0 aromatic heterocycles. The molecule has 0 unspecified atom stereocenters. The predicted molar refractivity (Wildman–Crippen MR) is 88.4 cm³/mol. The van der Waals surface area contributed by atoms with Gasteiger partial charge in [-0.2, -0.15) is 0 Å². The van der Waals surface area contributed by atoms with E-state index >= 15 is 0 Å². The summed E-state index contributed by atoms with van der Waals surface area (Å²) < 4.78 is 0. The smallest absolute Gasteiger partial charge is 0.326 e. The first-order valence-electron chi connectivity index (χ1n) is 7.83. The Balaban J connectivity index is 1.72. The van der Waals surface area contributed by atoms with Gasteiger partial charge in [0.1, 0.15) is 12.1 Å². The maximum absolute atomic E-state index is 12.1. The molecule has 2 aromatic rings. The molecule has 6 heteroatoms. The third kappa shape index (κ3) is 3.53. The lowest BCUT2D eigenvalue weighted by Gasteiger charge is -2.17. The van der Waals surface area contributed by atoms with Gasteiger partial charge in [-0.05, 0) is 22.8 Å². The molecule has 0 spiro atoms. The van der Waals surface area contributed by atoms with Gasteiger partial charge in [-0.3, -0.25) is 9.59 Å². The number of hydrogen-bond acceptors (Lipinski definition) is 3. The number of carbonyl (C=O) groups is 3. The molecule has 1 fully saturated rings. The van der Waals surface area contributed by atoms with Crippen LogP contribution in [0, 0.1) is 0 Å².